The molecule has 0 saturated carbocycles. The second kappa shape index (κ2) is 4.84. The van der Waals surface area contributed by atoms with Crippen molar-refractivity contribution in [1.82, 2.24) is 5.32 Å². The van der Waals surface area contributed by atoms with E-state index in [4.69, 9.17) is 16.3 Å². The van der Waals surface area contributed by atoms with E-state index in [1.807, 2.05) is 0 Å². The smallest absolute Gasteiger partial charge is 0.313 e. The third-order valence-electron chi connectivity index (χ3n) is 2.83. The minimum atomic E-state index is -0.816. The molecule has 0 unspecified atom stereocenters. The number of amides is 1. The molecule has 15 heavy (non-hydrogen) atoms. The maximum Gasteiger partial charge on any atom is 0.313 e. The first kappa shape index (κ1) is 14.2. The van der Waals surface area contributed by atoms with Crippen LogP contribution >= 0.6 is 11.6 Å². The van der Waals surface area contributed by atoms with Gasteiger partial charge in [-0.25, -0.2) is 0 Å². The van der Waals surface area contributed by atoms with Gasteiger partial charge in [0.2, 0.25) is 5.91 Å². The van der Waals surface area contributed by atoms with E-state index in [0.717, 1.165) is 0 Å². The van der Waals surface area contributed by atoms with Gasteiger partial charge in [0.25, 0.3) is 0 Å². The number of carbonyl (C=O) groups excluding carboxylic acids is 2. The molecule has 88 valence electrons. The van der Waals surface area contributed by atoms with Crippen molar-refractivity contribution < 1.29 is 14.3 Å². The van der Waals surface area contributed by atoms with Crippen molar-refractivity contribution in [3.8, 4) is 0 Å². The first-order chi connectivity index (χ1) is 6.69. The van der Waals surface area contributed by atoms with E-state index in [1.165, 1.54) is 7.11 Å². The lowest BCUT2D eigenvalue weighted by Gasteiger charge is -2.39. The molecule has 0 atom stereocenters. The Morgan fingerprint density at radius 3 is 2.07 bits per heavy atom. The fourth-order valence-electron chi connectivity index (χ4n) is 1.05. The van der Waals surface area contributed by atoms with Crippen LogP contribution in [0.1, 0.15) is 27.7 Å². The lowest BCUT2D eigenvalue weighted by Crippen LogP contribution is -2.57. The number of ether oxygens (including phenoxy) is 1. The van der Waals surface area contributed by atoms with E-state index < -0.39 is 11.0 Å². The highest BCUT2D eigenvalue weighted by molar-refractivity contribution is 6.27. The minimum Gasteiger partial charge on any atom is -0.469 e. The number of hydrogen-bond acceptors (Lipinski definition) is 3. The van der Waals surface area contributed by atoms with Gasteiger partial charge >= 0.3 is 5.97 Å². The van der Waals surface area contributed by atoms with Crippen LogP contribution in [-0.2, 0) is 14.3 Å². The van der Waals surface area contributed by atoms with Crippen LogP contribution in [0, 0.1) is 5.41 Å². The summed E-state index contributed by atoms with van der Waals surface area (Å²) in [4.78, 5) is 22.7. The van der Waals surface area contributed by atoms with Crippen molar-refractivity contribution in [2.75, 3.05) is 13.0 Å². The number of esters is 1. The summed E-state index contributed by atoms with van der Waals surface area (Å²) in [6, 6.07) is 0. The molecule has 0 bridgehead atoms. The number of halogens is 1. The van der Waals surface area contributed by atoms with Gasteiger partial charge in [0.05, 0.1) is 18.1 Å². The zero-order chi connectivity index (χ0) is 12.3. The Morgan fingerprint density at radius 1 is 1.27 bits per heavy atom. The summed E-state index contributed by atoms with van der Waals surface area (Å²) in [6.45, 7) is 6.95. The second-order valence-electron chi connectivity index (χ2n) is 4.42. The van der Waals surface area contributed by atoms with Gasteiger partial charge in [-0.05, 0) is 27.7 Å². The molecule has 0 aromatic rings. The number of hydrogen-bond donors (Lipinski definition) is 1. The average Bonchev–Trinajstić information content (AvgIpc) is 2.15. The maximum absolute atomic E-state index is 11.5. The zero-order valence-corrected chi connectivity index (χ0v) is 10.6. The van der Waals surface area contributed by atoms with E-state index >= 15 is 0 Å². The fraction of sp³-hybridized carbons (Fsp3) is 0.800. The van der Waals surface area contributed by atoms with Crippen molar-refractivity contribution in [1.29, 1.82) is 0 Å². The van der Waals surface area contributed by atoms with E-state index in [9.17, 15) is 9.59 Å². The van der Waals surface area contributed by atoms with Crippen molar-refractivity contribution in [2.45, 2.75) is 33.2 Å². The molecule has 0 heterocycles. The Labute approximate surface area is 95.3 Å². The Bertz CT molecular complexity index is 261. The lowest BCUT2D eigenvalue weighted by molar-refractivity contribution is -0.155. The van der Waals surface area contributed by atoms with E-state index in [-0.39, 0.29) is 17.8 Å². The molecule has 0 spiro atoms. The molecule has 0 saturated heterocycles. The number of methoxy groups -OCH3 is 1. The highest BCUT2D eigenvalue weighted by atomic mass is 35.5. The van der Waals surface area contributed by atoms with Crippen LogP contribution in [0.5, 0.6) is 0 Å². The van der Waals surface area contributed by atoms with Gasteiger partial charge in [-0.2, -0.15) is 0 Å². The Morgan fingerprint density at radius 2 is 1.73 bits per heavy atom. The van der Waals surface area contributed by atoms with Gasteiger partial charge in [0.15, 0.2) is 0 Å². The largest absolute Gasteiger partial charge is 0.469 e. The molecule has 5 heteroatoms. The van der Waals surface area contributed by atoms with Crippen LogP contribution in [-0.4, -0.2) is 30.4 Å². The quantitative estimate of drug-likeness (QED) is 0.591. The third kappa shape index (κ3) is 3.09. The molecular formula is C10H18ClNO3. The van der Waals surface area contributed by atoms with E-state index in [0.29, 0.717) is 0 Å². The summed E-state index contributed by atoms with van der Waals surface area (Å²) in [7, 11) is 1.32. The number of carbonyl (C=O) groups is 2. The maximum atomic E-state index is 11.5. The highest BCUT2D eigenvalue weighted by Gasteiger charge is 2.45. The van der Waals surface area contributed by atoms with Crippen molar-refractivity contribution in [3.63, 3.8) is 0 Å². The molecule has 4 nitrogen and oxygen atoms in total. The summed E-state index contributed by atoms with van der Waals surface area (Å²) < 4.78 is 4.69. The van der Waals surface area contributed by atoms with Gasteiger partial charge in [0, 0.05) is 0 Å². The van der Waals surface area contributed by atoms with Gasteiger partial charge in [0.1, 0.15) is 5.88 Å². The molecule has 0 aromatic carbocycles. The van der Waals surface area contributed by atoms with Crippen LogP contribution in [0.25, 0.3) is 0 Å². The van der Waals surface area contributed by atoms with Crippen LogP contribution in [0.2, 0.25) is 0 Å². The topological polar surface area (TPSA) is 55.4 Å². The first-order valence-corrected chi connectivity index (χ1v) is 5.18. The van der Waals surface area contributed by atoms with Gasteiger partial charge in [-0.1, -0.05) is 0 Å². The predicted molar refractivity (Wildman–Crippen MR) is 58.7 cm³/mol. The van der Waals surface area contributed by atoms with Crippen LogP contribution in [0.15, 0.2) is 0 Å². The molecule has 0 fully saturated rings. The van der Waals surface area contributed by atoms with Crippen molar-refractivity contribution >= 4 is 23.5 Å². The number of nitrogens with one attached hydrogen (secondary N) is 1. The molecule has 1 N–H and O–H groups in total. The van der Waals surface area contributed by atoms with Gasteiger partial charge < -0.3 is 10.1 Å². The molecule has 0 aliphatic rings. The lowest BCUT2D eigenvalue weighted by atomic mass is 9.74. The Balaban J connectivity index is 4.84. The van der Waals surface area contributed by atoms with Crippen molar-refractivity contribution in [3.05, 3.63) is 0 Å². The van der Waals surface area contributed by atoms with E-state index in [2.05, 4.69) is 5.32 Å². The van der Waals surface area contributed by atoms with Crippen LogP contribution < -0.4 is 5.32 Å². The molecule has 0 aliphatic heterocycles. The summed E-state index contributed by atoms with van der Waals surface area (Å²) in [6.07, 6.45) is 0. The third-order valence-corrected chi connectivity index (χ3v) is 3.07. The van der Waals surface area contributed by atoms with Crippen LogP contribution in [0.4, 0.5) is 0 Å². The van der Waals surface area contributed by atoms with Gasteiger partial charge in [-0.15, -0.1) is 11.6 Å². The summed E-state index contributed by atoms with van der Waals surface area (Å²) in [5, 5.41) is 2.69. The summed E-state index contributed by atoms with van der Waals surface area (Å²) >= 11 is 5.39. The minimum absolute atomic E-state index is 0.124. The fourth-order valence-corrected chi connectivity index (χ4v) is 1.12. The molecule has 0 aliphatic carbocycles. The first-order valence-electron chi connectivity index (χ1n) is 4.64. The molecule has 1 amide bonds. The molecule has 0 radical (unpaired) electrons. The van der Waals surface area contributed by atoms with E-state index in [1.54, 1.807) is 27.7 Å². The number of rotatable bonds is 4. The standard InChI is InChI=1S/C10H18ClNO3/c1-9(2,8(14)15-5)10(3,4)12-7(13)6-11/h6H2,1-5H3,(H,12,13). The molecule has 0 rings (SSSR count). The molecule has 0 aromatic heterocycles. The Kier molecular flexibility index (Phi) is 4.59. The highest BCUT2D eigenvalue weighted by Crippen LogP contribution is 2.31. The number of alkyl halides is 1. The predicted octanol–water partition coefficient (Wildman–Crippen LogP) is 1.32. The average molecular weight is 236 g/mol. The van der Waals surface area contributed by atoms with Gasteiger partial charge in [-0.3, -0.25) is 9.59 Å². The van der Waals surface area contributed by atoms with Crippen LogP contribution in [0.3, 0.4) is 0 Å². The summed E-state index contributed by atoms with van der Waals surface area (Å²) in [5.41, 5.74) is -1.53. The summed E-state index contributed by atoms with van der Waals surface area (Å²) in [5.74, 6) is -0.804. The zero-order valence-electron chi connectivity index (χ0n) is 9.81. The SMILES string of the molecule is COC(=O)C(C)(C)C(C)(C)NC(=O)CCl. The monoisotopic (exact) mass is 235 g/mol. The van der Waals surface area contributed by atoms with Crippen molar-refractivity contribution in [2.24, 2.45) is 5.41 Å². The normalized spacial score (nSPS) is 12.1. The molecular weight excluding hydrogens is 218 g/mol. The second-order valence-corrected chi connectivity index (χ2v) is 4.69. The Hall–Kier alpha value is -0.770.